The van der Waals surface area contributed by atoms with Crippen LogP contribution in [-0.4, -0.2) is 19.9 Å². The van der Waals surface area contributed by atoms with E-state index in [2.05, 4.69) is 15.2 Å². The molecule has 0 bridgehead atoms. The summed E-state index contributed by atoms with van der Waals surface area (Å²) in [7, 11) is 0. The number of hydrogen-bond acceptors (Lipinski definition) is 5. The van der Waals surface area contributed by atoms with Gasteiger partial charge in [-0.05, 0) is 12.1 Å². The summed E-state index contributed by atoms with van der Waals surface area (Å²) < 4.78 is 45.6. The summed E-state index contributed by atoms with van der Waals surface area (Å²) in [5, 5.41) is 7.51. The van der Waals surface area contributed by atoms with E-state index in [-0.39, 0.29) is 23.8 Å². The second kappa shape index (κ2) is 4.93. The van der Waals surface area contributed by atoms with Gasteiger partial charge >= 0.3 is 0 Å². The third-order valence-electron chi connectivity index (χ3n) is 2.66. The second-order valence-electron chi connectivity index (χ2n) is 4.24. The highest BCUT2D eigenvalue weighted by Gasteiger charge is 2.15. The van der Waals surface area contributed by atoms with Crippen LogP contribution in [0, 0.1) is 17.5 Å². The van der Waals surface area contributed by atoms with Crippen molar-refractivity contribution in [2.24, 2.45) is 0 Å². The summed E-state index contributed by atoms with van der Waals surface area (Å²) in [5.74, 6) is -4.08. The van der Waals surface area contributed by atoms with Crippen molar-refractivity contribution >= 4 is 5.69 Å². The minimum atomic E-state index is -1.55. The van der Waals surface area contributed by atoms with Crippen LogP contribution in [0.4, 0.5) is 18.9 Å². The van der Waals surface area contributed by atoms with Crippen LogP contribution in [0.2, 0.25) is 0 Å². The van der Waals surface area contributed by atoms with Gasteiger partial charge in [-0.1, -0.05) is 5.16 Å². The molecule has 0 saturated heterocycles. The maximum atomic E-state index is 13.2. The highest BCUT2D eigenvalue weighted by molar-refractivity contribution is 5.54. The normalized spacial score (nSPS) is 11.0. The molecule has 3 rings (SSSR count). The van der Waals surface area contributed by atoms with Gasteiger partial charge in [0.1, 0.15) is 6.54 Å². The summed E-state index contributed by atoms with van der Waals surface area (Å²) in [4.78, 5) is 3.96. The summed E-state index contributed by atoms with van der Waals surface area (Å²) >= 11 is 0. The Labute approximate surface area is 116 Å². The Morgan fingerprint density at radius 1 is 1.19 bits per heavy atom. The van der Waals surface area contributed by atoms with Crippen molar-refractivity contribution in [2.45, 2.75) is 6.54 Å². The minimum Gasteiger partial charge on any atom is -0.396 e. The third-order valence-corrected chi connectivity index (χ3v) is 2.66. The van der Waals surface area contributed by atoms with Gasteiger partial charge in [0.2, 0.25) is 11.7 Å². The molecule has 2 heterocycles. The maximum absolute atomic E-state index is 13.2. The molecule has 9 heteroatoms. The van der Waals surface area contributed by atoms with Crippen molar-refractivity contribution in [3.63, 3.8) is 0 Å². The van der Waals surface area contributed by atoms with Crippen LogP contribution in [0.1, 0.15) is 5.89 Å². The highest BCUT2D eigenvalue weighted by Crippen LogP contribution is 2.21. The fraction of sp³-hybridized carbons (Fsp3) is 0.0833. The minimum absolute atomic E-state index is 0.0265. The molecule has 0 aliphatic heterocycles. The Kier molecular flexibility index (Phi) is 3.09. The zero-order valence-corrected chi connectivity index (χ0v) is 10.4. The lowest BCUT2D eigenvalue weighted by Crippen LogP contribution is -2.00. The van der Waals surface area contributed by atoms with Gasteiger partial charge in [-0.25, -0.2) is 13.2 Å². The van der Waals surface area contributed by atoms with E-state index in [4.69, 9.17) is 10.3 Å². The van der Waals surface area contributed by atoms with Gasteiger partial charge in [-0.3, -0.25) is 4.68 Å². The van der Waals surface area contributed by atoms with Crippen molar-refractivity contribution in [1.29, 1.82) is 0 Å². The molecular weight excluding hydrogens is 287 g/mol. The Hall–Kier alpha value is -2.84. The molecule has 0 aliphatic carbocycles. The standard InChI is InChI=1S/C12H8F3N5O/c13-8-1-6(2-9(14)11(8)15)12-18-10(21-19-12)5-20-4-7(16)3-17-20/h1-4H,5,16H2. The van der Waals surface area contributed by atoms with Gasteiger partial charge in [0.15, 0.2) is 17.5 Å². The van der Waals surface area contributed by atoms with Gasteiger partial charge < -0.3 is 10.3 Å². The Morgan fingerprint density at radius 2 is 1.90 bits per heavy atom. The molecule has 0 atom stereocenters. The molecule has 6 nitrogen and oxygen atoms in total. The van der Waals surface area contributed by atoms with E-state index in [1.165, 1.54) is 10.9 Å². The second-order valence-corrected chi connectivity index (χ2v) is 4.24. The van der Waals surface area contributed by atoms with Crippen LogP contribution in [-0.2, 0) is 6.54 Å². The number of anilines is 1. The predicted molar refractivity (Wildman–Crippen MR) is 65.3 cm³/mol. The molecule has 0 aliphatic rings. The van der Waals surface area contributed by atoms with E-state index >= 15 is 0 Å². The molecule has 3 aromatic rings. The molecule has 1 aromatic carbocycles. The molecule has 0 saturated carbocycles. The first-order valence-corrected chi connectivity index (χ1v) is 5.78. The van der Waals surface area contributed by atoms with Gasteiger partial charge in [0.05, 0.1) is 11.9 Å². The van der Waals surface area contributed by atoms with Gasteiger partial charge in [-0.15, -0.1) is 0 Å². The molecule has 108 valence electrons. The Morgan fingerprint density at radius 3 is 2.52 bits per heavy atom. The Balaban J connectivity index is 1.88. The number of rotatable bonds is 3. The van der Waals surface area contributed by atoms with Gasteiger partial charge in [-0.2, -0.15) is 10.1 Å². The number of nitrogens with two attached hydrogens (primary N) is 1. The summed E-state index contributed by atoms with van der Waals surface area (Å²) in [6.45, 7) is 0.149. The first-order valence-electron chi connectivity index (χ1n) is 5.78. The fourth-order valence-corrected chi connectivity index (χ4v) is 1.73. The fourth-order valence-electron chi connectivity index (χ4n) is 1.73. The van der Waals surface area contributed by atoms with Crippen LogP contribution >= 0.6 is 0 Å². The molecule has 21 heavy (non-hydrogen) atoms. The monoisotopic (exact) mass is 295 g/mol. The van der Waals surface area contributed by atoms with Crippen molar-refractivity contribution in [2.75, 3.05) is 5.73 Å². The molecule has 0 unspecified atom stereocenters. The lowest BCUT2D eigenvalue weighted by atomic mass is 10.2. The van der Waals surface area contributed by atoms with E-state index in [9.17, 15) is 13.2 Å². The van der Waals surface area contributed by atoms with Gasteiger partial charge in [0.25, 0.3) is 0 Å². The number of nitrogens with zero attached hydrogens (tertiary/aromatic N) is 4. The SMILES string of the molecule is Nc1cnn(Cc2nc(-c3cc(F)c(F)c(F)c3)no2)c1. The topological polar surface area (TPSA) is 82.8 Å². The number of benzene rings is 1. The first kappa shape index (κ1) is 13.2. The zero-order valence-electron chi connectivity index (χ0n) is 10.4. The average Bonchev–Trinajstić information content (AvgIpc) is 3.05. The zero-order chi connectivity index (χ0) is 15.0. The van der Waals surface area contributed by atoms with Crippen molar-refractivity contribution in [1.82, 2.24) is 19.9 Å². The van der Waals surface area contributed by atoms with Crippen molar-refractivity contribution in [3.05, 3.63) is 47.9 Å². The van der Waals surface area contributed by atoms with E-state index in [1.807, 2.05) is 0 Å². The molecule has 2 aromatic heterocycles. The Bertz CT molecular complexity index is 775. The summed E-state index contributed by atoms with van der Waals surface area (Å²) in [6, 6.07) is 1.58. The number of hydrogen-bond donors (Lipinski definition) is 1. The van der Waals surface area contributed by atoms with E-state index in [1.54, 1.807) is 6.20 Å². The predicted octanol–water partition coefficient (Wildman–Crippen LogP) is 1.98. The third kappa shape index (κ3) is 2.57. The first-order chi connectivity index (χ1) is 10.0. The number of aromatic nitrogens is 4. The number of nitrogen functional groups attached to an aromatic ring is 1. The maximum Gasteiger partial charge on any atom is 0.248 e. The summed E-state index contributed by atoms with van der Waals surface area (Å²) in [5.41, 5.74) is 5.95. The van der Waals surface area contributed by atoms with E-state index in [0.29, 0.717) is 5.69 Å². The lowest BCUT2D eigenvalue weighted by Gasteiger charge is -1.98. The molecule has 0 amide bonds. The molecular formula is C12H8F3N5O. The smallest absolute Gasteiger partial charge is 0.248 e. The van der Waals surface area contributed by atoms with Crippen LogP contribution in [0.15, 0.2) is 29.0 Å². The van der Waals surface area contributed by atoms with Crippen LogP contribution in [0.5, 0.6) is 0 Å². The summed E-state index contributed by atoms with van der Waals surface area (Å²) in [6.07, 6.45) is 3.00. The van der Waals surface area contributed by atoms with Crippen LogP contribution in [0.25, 0.3) is 11.4 Å². The molecule has 0 spiro atoms. The quantitative estimate of drug-likeness (QED) is 0.747. The number of halogens is 3. The average molecular weight is 295 g/mol. The lowest BCUT2D eigenvalue weighted by molar-refractivity contribution is 0.366. The van der Waals surface area contributed by atoms with Gasteiger partial charge in [0, 0.05) is 11.8 Å². The van der Waals surface area contributed by atoms with Crippen molar-refractivity contribution < 1.29 is 17.7 Å². The molecule has 2 N–H and O–H groups in total. The van der Waals surface area contributed by atoms with Crippen LogP contribution in [0.3, 0.4) is 0 Å². The highest BCUT2D eigenvalue weighted by atomic mass is 19.2. The molecule has 0 fully saturated rings. The van der Waals surface area contributed by atoms with E-state index in [0.717, 1.165) is 12.1 Å². The van der Waals surface area contributed by atoms with Crippen LogP contribution < -0.4 is 5.73 Å². The van der Waals surface area contributed by atoms with Crippen molar-refractivity contribution in [3.8, 4) is 11.4 Å². The van der Waals surface area contributed by atoms with E-state index < -0.39 is 17.5 Å². The molecule has 0 radical (unpaired) electrons. The largest absolute Gasteiger partial charge is 0.396 e.